The van der Waals surface area contributed by atoms with Crippen LogP contribution in [0.1, 0.15) is 77.5 Å². The summed E-state index contributed by atoms with van der Waals surface area (Å²) in [4.78, 5) is 42.5. The van der Waals surface area contributed by atoms with E-state index in [2.05, 4.69) is 10.6 Å². The second kappa shape index (κ2) is 12.3. The lowest BCUT2D eigenvalue weighted by Crippen LogP contribution is -2.57. The number of phenolic OH excluding ortho intramolecular Hbond substituents is 1. The molecule has 1 fully saturated rings. The van der Waals surface area contributed by atoms with E-state index in [0.717, 1.165) is 24.8 Å². The number of aryl methyl sites for hydroxylation is 1. The number of hydrogen-bond donors (Lipinski definition) is 3. The lowest BCUT2D eigenvalue weighted by molar-refractivity contribution is -0.146. The summed E-state index contributed by atoms with van der Waals surface area (Å²) in [6.45, 7) is 11.2. The van der Waals surface area contributed by atoms with Crippen molar-refractivity contribution in [1.29, 1.82) is 0 Å². The molecule has 3 rings (SSSR count). The Bertz CT molecular complexity index is 1120. The first-order valence-electron chi connectivity index (χ1n) is 13.3. The maximum atomic E-state index is 14.2. The van der Waals surface area contributed by atoms with Crippen molar-refractivity contribution in [2.75, 3.05) is 5.32 Å². The molecule has 2 unspecified atom stereocenters. The quantitative estimate of drug-likeness (QED) is 0.391. The molecule has 0 aliphatic heterocycles. The molecular weight excluding hydrogens is 482 g/mol. The molecule has 8 nitrogen and oxygen atoms in total. The minimum Gasteiger partial charge on any atom is -0.508 e. The topological polar surface area (TPSA) is 108 Å². The molecule has 1 aliphatic rings. The zero-order valence-corrected chi connectivity index (χ0v) is 23.3. The highest BCUT2D eigenvalue weighted by atomic mass is 16.6. The fourth-order valence-corrected chi connectivity index (χ4v) is 4.51. The fourth-order valence-electron chi connectivity index (χ4n) is 4.51. The molecule has 2 aromatic rings. The van der Waals surface area contributed by atoms with E-state index < -0.39 is 23.8 Å². The molecule has 1 saturated carbocycles. The number of nitrogens with zero attached hydrogens (tertiary/aromatic N) is 1. The maximum absolute atomic E-state index is 14.2. The molecule has 3 amide bonds. The smallest absolute Gasteiger partial charge is 0.408 e. The van der Waals surface area contributed by atoms with Gasteiger partial charge in [0.2, 0.25) is 5.91 Å². The van der Waals surface area contributed by atoms with Crippen molar-refractivity contribution in [2.24, 2.45) is 5.92 Å². The van der Waals surface area contributed by atoms with Crippen molar-refractivity contribution >= 4 is 23.6 Å². The Labute approximate surface area is 225 Å². The number of carbonyl (C=O) groups excluding carboxylic acids is 3. The van der Waals surface area contributed by atoms with Crippen LogP contribution in [0.5, 0.6) is 5.75 Å². The number of ether oxygens (including phenoxy) is 1. The second-order valence-electron chi connectivity index (χ2n) is 11.5. The minimum atomic E-state index is -0.955. The highest BCUT2D eigenvalue weighted by molar-refractivity contribution is 5.99. The highest BCUT2D eigenvalue weighted by Gasteiger charge is 2.42. The number of anilines is 1. The van der Waals surface area contributed by atoms with Crippen LogP contribution in [0.25, 0.3) is 0 Å². The highest BCUT2D eigenvalue weighted by Crippen LogP contribution is 2.35. The van der Waals surface area contributed by atoms with Gasteiger partial charge in [0.25, 0.3) is 5.91 Å². The third kappa shape index (κ3) is 7.73. The third-order valence-corrected chi connectivity index (χ3v) is 6.56. The van der Waals surface area contributed by atoms with Gasteiger partial charge in [-0.15, -0.1) is 0 Å². The van der Waals surface area contributed by atoms with Crippen LogP contribution < -0.4 is 10.6 Å². The summed E-state index contributed by atoms with van der Waals surface area (Å²) >= 11 is 0. The number of hydrogen-bond acceptors (Lipinski definition) is 5. The zero-order chi connectivity index (χ0) is 28.0. The molecule has 0 bridgehead atoms. The molecule has 2 aromatic carbocycles. The van der Waals surface area contributed by atoms with Crippen molar-refractivity contribution in [3.8, 4) is 5.75 Å². The monoisotopic (exact) mass is 523 g/mol. The summed E-state index contributed by atoms with van der Waals surface area (Å²) in [7, 11) is 0. The van der Waals surface area contributed by atoms with Crippen LogP contribution in [-0.4, -0.2) is 45.6 Å². The number of para-hydroxylation sites is 1. The molecule has 1 aliphatic carbocycles. The average Bonchev–Trinajstić information content (AvgIpc) is 2.77. The fraction of sp³-hybridized carbons (Fsp3) is 0.500. The van der Waals surface area contributed by atoms with Gasteiger partial charge in [0, 0.05) is 11.7 Å². The summed E-state index contributed by atoms with van der Waals surface area (Å²) in [6.07, 6.45) is 2.20. The van der Waals surface area contributed by atoms with Crippen LogP contribution in [0.15, 0.2) is 48.5 Å². The number of nitrogens with one attached hydrogen (secondary N) is 2. The third-order valence-electron chi connectivity index (χ3n) is 6.56. The maximum Gasteiger partial charge on any atom is 0.408 e. The van der Waals surface area contributed by atoms with Gasteiger partial charge in [0.15, 0.2) is 0 Å². The Balaban J connectivity index is 2.02. The van der Waals surface area contributed by atoms with Crippen LogP contribution in [0, 0.1) is 12.8 Å². The molecular formula is C30H41N3O5. The Hall–Kier alpha value is -3.55. The second-order valence-corrected chi connectivity index (χ2v) is 11.5. The van der Waals surface area contributed by atoms with Gasteiger partial charge in [0.1, 0.15) is 23.4 Å². The Morgan fingerprint density at radius 3 is 2.21 bits per heavy atom. The predicted octanol–water partition coefficient (Wildman–Crippen LogP) is 5.70. The van der Waals surface area contributed by atoms with Gasteiger partial charge in [-0.3, -0.25) is 9.59 Å². The summed E-state index contributed by atoms with van der Waals surface area (Å²) in [6, 6.07) is 11.8. The first-order chi connectivity index (χ1) is 17.9. The molecule has 0 heterocycles. The standard InChI is InChI=1S/C30H41N3O5/c1-19(2)18-25(32-29(37)38-30(4,5)6)28(36)33(22-11-9-12-22)26(21-14-16-23(34)17-15-21)27(35)31-24-13-8-7-10-20(24)3/h7-8,10,13-17,19,22,25-26,34H,9,11-12,18H2,1-6H3,(H,31,35)(H,32,37). The number of benzene rings is 2. The number of amides is 3. The molecule has 0 spiro atoms. The van der Waals surface area contributed by atoms with Crippen LogP contribution in [0.4, 0.5) is 10.5 Å². The molecule has 0 aromatic heterocycles. The SMILES string of the molecule is Cc1ccccc1NC(=O)C(c1ccc(O)cc1)N(C(=O)C(CC(C)C)NC(=O)OC(C)(C)C)C1CCC1. The first kappa shape index (κ1) is 29.0. The van der Waals surface area contributed by atoms with Gasteiger partial charge < -0.3 is 25.4 Å². The van der Waals surface area contributed by atoms with Crippen LogP contribution in [0.2, 0.25) is 0 Å². The number of alkyl carbamates (subject to hydrolysis) is 1. The first-order valence-corrected chi connectivity index (χ1v) is 13.3. The van der Waals surface area contributed by atoms with Crippen LogP contribution in [0.3, 0.4) is 0 Å². The van der Waals surface area contributed by atoms with E-state index in [0.29, 0.717) is 17.7 Å². The largest absolute Gasteiger partial charge is 0.508 e. The van der Waals surface area contributed by atoms with Crippen molar-refractivity contribution in [2.45, 2.75) is 91.0 Å². The van der Waals surface area contributed by atoms with E-state index in [1.54, 1.807) is 37.8 Å². The van der Waals surface area contributed by atoms with E-state index >= 15 is 0 Å². The van der Waals surface area contributed by atoms with Crippen molar-refractivity contribution < 1.29 is 24.2 Å². The van der Waals surface area contributed by atoms with E-state index in [4.69, 9.17) is 4.74 Å². The van der Waals surface area contributed by atoms with Gasteiger partial charge >= 0.3 is 6.09 Å². The summed E-state index contributed by atoms with van der Waals surface area (Å²) in [5.74, 6) is -0.509. The predicted molar refractivity (Wildman–Crippen MR) is 148 cm³/mol. The van der Waals surface area contributed by atoms with E-state index in [9.17, 15) is 19.5 Å². The molecule has 38 heavy (non-hydrogen) atoms. The van der Waals surface area contributed by atoms with Gasteiger partial charge in [0.05, 0.1) is 0 Å². The van der Waals surface area contributed by atoms with Crippen molar-refractivity contribution in [3.05, 3.63) is 59.7 Å². The van der Waals surface area contributed by atoms with Gasteiger partial charge in [-0.25, -0.2) is 4.79 Å². The van der Waals surface area contributed by atoms with Crippen LogP contribution in [-0.2, 0) is 14.3 Å². The molecule has 0 saturated heterocycles. The molecule has 3 N–H and O–H groups in total. The molecule has 2 atom stereocenters. The lowest BCUT2D eigenvalue weighted by atomic mass is 9.87. The van der Waals surface area contributed by atoms with Crippen molar-refractivity contribution in [1.82, 2.24) is 10.2 Å². The lowest BCUT2D eigenvalue weighted by Gasteiger charge is -2.43. The Morgan fingerprint density at radius 2 is 1.68 bits per heavy atom. The number of aromatic hydroxyl groups is 1. The van der Waals surface area contributed by atoms with Crippen molar-refractivity contribution in [3.63, 3.8) is 0 Å². The average molecular weight is 524 g/mol. The number of carbonyl (C=O) groups is 3. The molecule has 8 heteroatoms. The summed E-state index contributed by atoms with van der Waals surface area (Å²) in [5, 5.41) is 15.7. The number of phenols is 1. The molecule has 206 valence electrons. The van der Waals surface area contributed by atoms with Gasteiger partial charge in [-0.2, -0.15) is 0 Å². The summed E-state index contributed by atoms with van der Waals surface area (Å²) < 4.78 is 5.45. The normalized spacial score (nSPS) is 15.2. The molecule has 0 radical (unpaired) electrons. The van der Waals surface area contributed by atoms with E-state index in [-0.39, 0.29) is 29.5 Å². The Kier molecular flexibility index (Phi) is 9.41. The van der Waals surface area contributed by atoms with Gasteiger partial charge in [-0.1, -0.05) is 44.2 Å². The van der Waals surface area contributed by atoms with E-state index in [1.807, 2.05) is 45.0 Å². The number of rotatable bonds is 9. The minimum absolute atomic E-state index is 0.0672. The summed E-state index contributed by atoms with van der Waals surface area (Å²) in [5.41, 5.74) is 1.42. The van der Waals surface area contributed by atoms with Crippen LogP contribution >= 0.6 is 0 Å². The van der Waals surface area contributed by atoms with Gasteiger partial charge in [-0.05, 0) is 88.6 Å². The Morgan fingerprint density at radius 1 is 1.05 bits per heavy atom. The van der Waals surface area contributed by atoms with E-state index in [1.165, 1.54) is 12.1 Å². The zero-order valence-electron chi connectivity index (χ0n) is 23.3.